The Hall–Kier alpha value is -0.780. The molecule has 0 saturated carbocycles. The van der Waals surface area contributed by atoms with Gasteiger partial charge in [-0.3, -0.25) is 0 Å². The van der Waals surface area contributed by atoms with Crippen molar-refractivity contribution in [2.75, 3.05) is 0 Å². The van der Waals surface area contributed by atoms with Crippen LogP contribution in [0.3, 0.4) is 0 Å². The Morgan fingerprint density at radius 2 is 1.73 bits per heavy atom. The molecule has 0 atom stereocenters. The highest BCUT2D eigenvalue weighted by Crippen LogP contribution is 2.14. The lowest BCUT2D eigenvalue weighted by Crippen LogP contribution is -1.83. The SMILES string of the molecule is C=CC(=CC(C)=C(C)C)CCCCCC. The first-order valence-electron chi connectivity index (χ1n) is 6.08. The number of hydrogen-bond acceptors (Lipinski definition) is 0. The molecule has 0 radical (unpaired) electrons. The molecule has 0 unspecified atom stereocenters. The van der Waals surface area contributed by atoms with E-state index in [9.17, 15) is 0 Å². The molecule has 0 aliphatic heterocycles. The average molecular weight is 206 g/mol. The van der Waals surface area contributed by atoms with E-state index in [4.69, 9.17) is 0 Å². The highest BCUT2D eigenvalue weighted by Gasteiger charge is 1.94. The van der Waals surface area contributed by atoms with E-state index in [0.717, 1.165) is 0 Å². The fourth-order valence-corrected chi connectivity index (χ4v) is 1.41. The van der Waals surface area contributed by atoms with Gasteiger partial charge < -0.3 is 0 Å². The zero-order valence-electron chi connectivity index (χ0n) is 10.9. The van der Waals surface area contributed by atoms with Gasteiger partial charge in [0.05, 0.1) is 0 Å². The third kappa shape index (κ3) is 7.18. The van der Waals surface area contributed by atoms with Crippen LogP contribution < -0.4 is 0 Å². The van der Waals surface area contributed by atoms with Gasteiger partial charge in [0, 0.05) is 0 Å². The van der Waals surface area contributed by atoms with Crippen LogP contribution in [0.2, 0.25) is 0 Å². The molecule has 86 valence electrons. The molecule has 0 saturated heterocycles. The molecule has 15 heavy (non-hydrogen) atoms. The quantitative estimate of drug-likeness (QED) is 0.385. The molecule has 0 rings (SSSR count). The predicted molar refractivity (Wildman–Crippen MR) is 71.1 cm³/mol. The van der Waals surface area contributed by atoms with Crippen LogP contribution in [-0.2, 0) is 0 Å². The fraction of sp³-hybridized carbons (Fsp3) is 0.600. The van der Waals surface area contributed by atoms with Crippen molar-refractivity contribution in [3.63, 3.8) is 0 Å². The molecular formula is C15H26. The van der Waals surface area contributed by atoms with Crippen LogP contribution in [0.15, 0.2) is 35.5 Å². The standard InChI is InChI=1S/C15H26/c1-6-8-9-10-11-15(7-2)12-14(5)13(3)4/h7,12H,2,6,8-11H2,1,3-5H3. The molecule has 0 heterocycles. The lowest BCUT2D eigenvalue weighted by atomic mass is 10.0. The van der Waals surface area contributed by atoms with Gasteiger partial charge in [0.1, 0.15) is 0 Å². The predicted octanol–water partition coefficient (Wildman–Crippen LogP) is 5.43. The maximum absolute atomic E-state index is 3.88. The van der Waals surface area contributed by atoms with E-state index in [1.54, 1.807) is 0 Å². The van der Waals surface area contributed by atoms with Crippen LogP contribution in [0.1, 0.15) is 59.8 Å². The summed E-state index contributed by atoms with van der Waals surface area (Å²) in [5, 5.41) is 0. The summed E-state index contributed by atoms with van der Waals surface area (Å²) in [7, 11) is 0. The van der Waals surface area contributed by atoms with E-state index in [2.05, 4.69) is 40.3 Å². The Labute approximate surface area is 95.8 Å². The molecular weight excluding hydrogens is 180 g/mol. The normalized spacial score (nSPS) is 11.3. The van der Waals surface area contributed by atoms with Gasteiger partial charge in [-0.05, 0) is 39.2 Å². The van der Waals surface area contributed by atoms with E-state index in [1.165, 1.54) is 48.8 Å². The Kier molecular flexibility index (Phi) is 8.08. The average Bonchev–Trinajstić information content (AvgIpc) is 2.22. The van der Waals surface area contributed by atoms with Gasteiger partial charge in [0.2, 0.25) is 0 Å². The first-order valence-corrected chi connectivity index (χ1v) is 6.08. The van der Waals surface area contributed by atoms with Crippen molar-refractivity contribution in [1.29, 1.82) is 0 Å². The van der Waals surface area contributed by atoms with E-state index < -0.39 is 0 Å². The van der Waals surface area contributed by atoms with Crippen molar-refractivity contribution in [2.45, 2.75) is 59.8 Å². The van der Waals surface area contributed by atoms with Gasteiger partial charge in [-0.15, -0.1) is 0 Å². The molecule has 0 spiro atoms. The van der Waals surface area contributed by atoms with Crippen LogP contribution in [-0.4, -0.2) is 0 Å². The highest BCUT2D eigenvalue weighted by molar-refractivity contribution is 5.30. The first kappa shape index (κ1) is 14.2. The summed E-state index contributed by atoms with van der Waals surface area (Å²) >= 11 is 0. The van der Waals surface area contributed by atoms with Crippen LogP contribution in [0.5, 0.6) is 0 Å². The Morgan fingerprint density at radius 1 is 1.07 bits per heavy atom. The second kappa shape index (κ2) is 8.52. The van der Waals surface area contributed by atoms with Crippen molar-refractivity contribution < 1.29 is 0 Å². The maximum Gasteiger partial charge on any atom is -0.0279 e. The molecule has 0 amide bonds. The largest absolute Gasteiger partial charge is 0.0988 e. The first-order chi connectivity index (χ1) is 7.11. The zero-order chi connectivity index (χ0) is 11.7. The number of hydrogen-bond donors (Lipinski definition) is 0. The van der Waals surface area contributed by atoms with E-state index >= 15 is 0 Å². The summed E-state index contributed by atoms with van der Waals surface area (Å²) in [6, 6.07) is 0. The Bertz CT molecular complexity index is 237. The second-order valence-electron chi connectivity index (χ2n) is 4.42. The molecule has 0 N–H and O–H groups in total. The minimum atomic E-state index is 1.17. The van der Waals surface area contributed by atoms with Crippen molar-refractivity contribution in [2.24, 2.45) is 0 Å². The van der Waals surface area contributed by atoms with Crippen molar-refractivity contribution in [3.8, 4) is 0 Å². The molecule has 0 aromatic rings. The molecule has 0 aromatic heterocycles. The van der Waals surface area contributed by atoms with Gasteiger partial charge >= 0.3 is 0 Å². The monoisotopic (exact) mass is 206 g/mol. The molecule has 0 bridgehead atoms. The molecule has 0 aromatic carbocycles. The lowest BCUT2D eigenvalue weighted by molar-refractivity contribution is 0.668. The van der Waals surface area contributed by atoms with Crippen molar-refractivity contribution >= 4 is 0 Å². The van der Waals surface area contributed by atoms with Crippen LogP contribution in [0, 0.1) is 0 Å². The number of unbranched alkanes of at least 4 members (excludes halogenated alkanes) is 3. The third-order valence-electron chi connectivity index (χ3n) is 2.77. The van der Waals surface area contributed by atoms with Gasteiger partial charge in [-0.2, -0.15) is 0 Å². The number of rotatable bonds is 7. The molecule has 0 aliphatic rings. The van der Waals surface area contributed by atoms with Crippen molar-refractivity contribution in [1.82, 2.24) is 0 Å². The minimum absolute atomic E-state index is 1.17. The summed E-state index contributed by atoms with van der Waals surface area (Å²) in [4.78, 5) is 0. The van der Waals surface area contributed by atoms with Gasteiger partial charge in [-0.1, -0.05) is 56.1 Å². The summed E-state index contributed by atoms with van der Waals surface area (Å²) in [6.07, 6.45) is 10.7. The smallest absolute Gasteiger partial charge is 0.0279 e. The Morgan fingerprint density at radius 3 is 2.20 bits per heavy atom. The summed E-state index contributed by atoms with van der Waals surface area (Å²) < 4.78 is 0. The van der Waals surface area contributed by atoms with Gasteiger partial charge in [0.25, 0.3) is 0 Å². The summed E-state index contributed by atoms with van der Waals surface area (Å²) in [6.45, 7) is 12.6. The molecule has 0 heteroatoms. The van der Waals surface area contributed by atoms with E-state index in [-0.39, 0.29) is 0 Å². The van der Waals surface area contributed by atoms with E-state index in [0.29, 0.717) is 0 Å². The molecule has 0 nitrogen and oxygen atoms in total. The van der Waals surface area contributed by atoms with Gasteiger partial charge in [-0.25, -0.2) is 0 Å². The minimum Gasteiger partial charge on any atom is -0.0988 e. The Balaban J connectivity index is 4.14. The van der Waals surface area contributed by atoms with Crippen LogP contribution >= 0.6 is 0 Å². The third-order valence-corrected chi connectivity index (χ3v) is 2.77. The lowest BCUT2D eigenvalue weighted by Gasteiger charge is -2.03. The van der Waals surface area contributed by atoms with Crippen LogP contribution in [0.25, 0.3) is 0 Å². The highest BCUT2D eigenvalue weighted by atomic mass is 14.0. The van der Waals surface area contributed by atoms with Gasteiger partial charge in [0.15, 0.2) is 0 Å². The fourth-order valence-electron chi connectivity index (χ4n) is 1.41. The molecule has 0 aliphatic carbocycles. The second-order valence-corrected chi connectivity index (χ2v) is 4.42. The van der Waals surface area contributed by atoms with E-state index in [1.807, 2.05) is 6.08 Å². The summed E-state index contributed by atoms with van der Waals surface area (Å²) in [5.74, 6) is 0. The van der Waals surface area contributed by atoms with Crippen LogP contribution in [0.4, 0.5) is 0 Å². The topological polar surface area (TPSA) is 0 Å². The summed E-state index contributed by atoms with van der Waals surface area (Å²) in [5.41, 5.74) is 4.15. The maximum atomic E-state index is 3.88. The number of allylic oxidation sites excluding steroid dienone is 5. The zero-order valence-corrected chi connectivity index (χ0v) is 10.9. The van der Waals surface area contributed by atoms with Crippen molar-refractivity contribution in [3.05, 3.63) is 35.5 Å². The molecule has 0 fully saturated rings.